The van der Waals surface area contributed by atoms with Crippen molar-refractivity contribution in [1.82, 2.24) is 14.6 Å². The third-order valence-corrected chi connectivity index (χ3v) is 4.52. The van der Waals surface area contributed by atoms with Crippen LogP contribution in [0.5, 0.6) is 0 Å². The number of aryl methyl sites for hydroxylation is 1. The van der Waals surface area contributed by atoms with Gasteiger partial charge in [0.2, 0.25) is 0 Å². The number of aromatic nitrogens is 3. The molecule has 3 rings (SSSR count). The highest BCUT2D eigenvalue weighted by molar-refractivity contribution is 7.17. The van der Waals surface area contributed by atoms with E-state index in [0.29, 0.717) is 15.6 Å². The predicted molar refractivity (Wildman–Crippen MR) is 86.7 cm³/mol. The van der Waals surface area contributed by atoms with Gasteiger partial charge in [-0.15, -0.1) is 11.3 Å². The molecule has 114 valence electrons. The fourth-order valence-corrected chi connectivity index (χ4v) is 3.68. The molecule has 0 spiro atoms. The molecule has 0 unspecified atom stereocenters. The van der Waals surface area contributed by atoms with E-state index >= 15 is 0 Å². The fraction of sp³-hybridized carbons (Fsp3) is 0.312. The van der Waals surface area contributed by atoms with Crippen molar-refractivity contribution in [3.63, 3.8) is 0 Å². The van der Waals surface area contributed by atoms with Crippen LogP contribution in [-0.4, -0.2) is 25.7 Å². The number of fused-ring (bicyclic) bond motifs is 1. The van der Waals surface area contributed by atoms with Crippen molar-refractivity contribution in [3.8, 4) is 10.6 Å². The summed E-state index contributed by atoms with van der Waals surface area (Å²) in [6, 6.07) is 5.82. The maximum atomic E-state index is 11.5. The summed E-state index contributed by atoms with van der Waals surface area (Å²) in [4.78, 5) is 16.5. The first-order valence-corrected chi connectivity index (χ1v) is 7.79. The second-order valence-corrected chi connectivity index (χ2v) is 7.24. The second-order valence-electron chi connectivity index (χ2n) is 6.24. The van der Waals surface area contributed by atoms with Crippen LogP contribution in [0.3, 0.4) is 0 Å². The Kier molecular flexibility index (Phi) is 3.29. The summed E-state index contributed by atoms with van der Waals surface area (Å²) in [5, 5.41) is 14.7. The van der Waals surface area contributed by atoms with Crippen molar-refractivity contribution in [2.75, 3.05) is 0 Å². The zero-order valence-corrected chi connectivity index (χ0v) is 13.7. The quantitative estimate of drug-likeness (QED) is 0.782. The summed E-state index contributed by atoms with van der Waals surface area (Å²) in [6.45, 7) is 7.84. The Morgan fingerprint density at radius 3 is 2.64 bits per heavy atom. The number of carboxylic acids is 1. The molecule has 22 heavy (non-hydrogen) atoms. The molecule has 6 heteroatoms. The average molecular weight is 315 g/mol. The van der Waals surface area contributed by atoms with E-state index in [1.165, 1.54) is 11.3 Å². The zero-order valence-electron chi connectivity index (χ0n) is 12.9. The Balaban J connectivity index is 2.28. The molecule has 0 atom stereocenters. The minimum absolute atomic E-state index is 0.303. The topological polar surface area (TPSA) is 67.5 Å². The Hall–Kier alpha value is -2.21. The maximum absolute atomic E-state index is 11.5. The van der Waals surface area contributed by atoms with Gasteiger partial charge in [-0.25, -0.2) is 14.3 Å². The lowest BCUT2D eigenvalue weighted by atomic mass is 9.91. The minimum atomic E-state index is -0.928. The Morgan fingerprint density at radius 2 is 2.05 bits per heavy atom. The number of hydrogen-bond acceptors (Lipinski definition) is 4. The molecule has 0 saturated heterocycles. The Labute approximate surface area is 132 Å². The number of thiazole rings is 1. The first-order valence-electron chi connectivity index (χ1n) is 6.98. The van der Waals surface area contributed by atoms with Crippen LogP contribution in [-0.2, 0) is 5.41 Å². The molecule has 0 fully saturated rings. The average Bonchev–Trinajstić information content (AvgIpc) is 2.97. The number of hydrogen-bond donors (Lipinski definition) is 1. The number of pyridine rings is 1. The van der Waals surface area contributed by atoms with Crippen LogP contribution in [0.2, 0.25) is 0 Å². The van der Waals surface area contributed by atoms with Gasteiger partial charge in [0.1, 0.15) is 9.88 Å². The lowest BCUT2D eigenvalue weighted by Gasteiger charge is -2.15. The van der Waals surface area contributed by atoms with Crippen LogP contribution in [0, 0.1) is 6.92 Å². The van der Waals surface area contributed by atoms with Crippen molar-refractivity contribution in [3.05, 3.63) is 40.7 Å². The number of carbonyl (C=O) groups is 1. The van der Waals surface area contributed by atoms with Crippen molar-refractivity contribution in [2.45, 2.75) is 33.1 Å². The highest BCUT2D eigenvalue weighted by atomic mass is 32.1. The normalized spacial score (nSPS) is 12.0. The first kappa shape index (κ1) is 14.7. The fourth-order valence-electron chi connectivity index (χ4n) is 2.46. The molecular formula is C16H17N3O2S. The van der Waals surface area contributed by atoms with E-state index in [1.54, 1.807) is 4.52 Å². The van der Waals surface area contributed by atoms with Crippen molar-refractivity contribution >= 4 is 22.8 Å². The standard InChI is InChI=1S/C16H17N3O2S/c1-9-11(10-7-5-6-8-19(10)18-9)14-17-13(16(2,3)4)12(22-14)15(20)21/h5-8H,1-4H3,(H,20,21). The Morgan fingerprint density at radius 1 is 1.32 bits per heavy atom. The van der Waals surface area contributed by atoms with Crippen LogP contribution in [0.15, 0.2) is 24.4 Å². The van der Waals surface area contributed by atoms with Gasteiger partial charge in [-0.1, -0.05) is 26.8 Å². The number of aromatic carboxylic acids is 1. The minimum Gasteiger partial charge on any atom is -0.477 e. The molecule has 0 bridgehead atoms. The molecular weight excluding hydrogens is 298 g/mol. The molecule has 0 aliphatic heterocycles. The van der Waals surface area contributed by atoms with E-state index in [9.17, 15) is 9.90 Å². The zero-order chi connectivity index (χ0) is 16.1. The van der Waals surface area contributed by atoms with Crippen LogP contribution in [0.1, 0.15) is 41.8 Å². The molecule has 3 aromatic rings. The predicted octanol–water partition coefficient (Wildman–Crippen LogP) is 3.76. The van der Waals surface area contributed by atoms with Crippen LogP contribution < -0.4 is 0 Å². The summed E-state index contributed by atoms with van der Waals surface area (Å²) >= 11 is 1.22. The molecule has 0 amide bonds. The van der Waals surface area contributed by atoms with E-state index in [1.807, 2.05) is 52.1 Å². The van der Waals surface area contributed by atoms with E-state index in [2.05, 4.69) is 10.1 Å². The number of nitrogens with zero attached hydrogens (tertiary/aromatic N) is 3. The smallest absolute Gasteiger partial charge is 0.347 e. The summed E-state index contributed by atoms with van der Waals surface area (Å²) in [7, 11) is 0. The number of carboxylic acid groups (broad SMARTS) is 1. The summed E-state index contributed by atoms with van der Waals surface area (Å²) in [6.07, 6.45) is 1.88. The summed E-state index contributed by atoms with van der Waals surface area (Å²) < 4.78 is 1.79. The molecule has 5 nitrogen and oxygen atoms in total. The molecule has 3 heterocycles. The van der Waals surface area contributed by atoms with Gasteiger partial charge in [0.05, 0.1) is 22.5 Å². The molecule has 0 saturated carbocycles. The van der Waals surface area contributed by atoms with E-state index in [4.69, 9.17) is 0 Å². The van der Waals surface area contributed by atoms with Gasteiger partial charge >= 0.3 is 5.97 Å². The van der Waals surface area contributed by atoms with Gasteiger partial charge in [0.15, 0.2) is 0 Å². The molecule has 1 N–H and O–H groups in total. The van der Waals surface area contributed by atoms with Gasteiger partial charge in [-0.3, -0.25) is 0 Å². The van der Waals surface area contributed by atoms with Crippen LogP contribution in [0.25, 0.3) is 16.1 Å². The SMILES string of the molecule is Cc1nn2ccccc2c1-c1nc(C(C)(C)C)c(C(=O)O)s1. The van der Waals surface area contributed by atoms with Gasteiger partial charge in [0.25, 0.3) is 0 Å². The summed E-state index contributed by atoms with van der Waals surface area (Å²) in [5.74, 6) is -0.928. The monoisotopic (exact) mass is 315 g/mol. The highest BCUT2D eigenvalue weighted by Crippen LogP contribution is 2.37. The largest absolute Gasteiger partial charge is 0.477 e. The maximum Gasteiger partial charge on any atom is 0.347 e. The van der Waals surface area contributed by atoms with Gasteiger partial charge in [-0.05, 0) is 19.1 Å². The van der Waals surface area contributed by atoms with Crippen molar-refractivity contribution < 1.29 is 9.90 Å². The third kappa shape index (κ3) is 2.29. The van der Waals surface area contributed by atoms with Gasteiger partial charge < -0.3 is 5.11 Å². The molecule has 0 aliphatic rings. The number of rotatable bonds is 2. The molecule has 0 aliphatic carbocycles. The van der Waals surface area contributed by atoms with Crippen LogP contribution in [0.4, 0.5) is 0 Å². The molecule has 0 radical (unpaired) electrons. The van der Waals surface area contributed by atoms with E-state index in [-0.39, 0.29) is 5.41 Å². The highest BCUT2D eigenvalue weighted by Gasteiger charge is 2.28. The summed E-state index contributed by atoms with van der Waals surface area (Å²) in [5.41, 5.74) is 2.99. The molecule has 0 aromatic carbocycles. The van der Waals surface area contributed by atoms with E-state index in [0.717, 1.165) is 16.8 Å². The second kappa shape index (κ2) is 4.91. The van der Waals surface area contributed by atoms with Crippen molar-refractivity contribution in [2.24, 2.45) is 0 Å². The first-order chi connectivity index (χ1) is 10.3. The third-order valence-electron chi connectivity index (χ3n) is 3.46. The van der Waals surface area contributed by atoms with Crippen LogP contribution >= 0.6 is 11.3 Å². The Bertz CT molecular complexity index is 871. The van der Waals surface area contributed by atoms with Crippen molar-refractivity contribution in [1.29, 1.82) is 0 Å². The molecule has 3 aromatic heterocycles. The lowest BCUT2D eigenvalue weighted by Crippen LogP contribution is -2.16. The van der Waals surface area contributed by atoms with E-state index < -0.39 is 5.97 Å². The lowest BCUT2D eigenvalue weighted by molar-refractivity contribution is 0.0699. The van der Waals surface area contributed by atoms with Gasteiger partial charge in [0, 0.05) is 11.6 Å². The van der Waals surface area contributed by atoms with Gasteiger partial charge in [-0.2, -0.15) is 5.10 Å².